The molecule has 0 saturated carbocycles. The molecule has 0 spiro atoms. The molecule has 1 fully saturated rings. The van der Waals surface area contributed by atoms with Crippen LogP contribution < -0.4 is 5.32 Å². The highest BCUT2D eigenvalue weighted by atomic mass is 35.5. The standard InChI is InChI=1S/C15H20F2N2.2ClH/c1-11(2)9-15(19-7-5-18-6-8-19)13-10-12(16)3-4-14(13)17;;/h3-4,10,15,18H,1,5-9H2,2H3;2*1H/t15-;;/m1../s1. The quantitative estimate of drug-likeness (QED) is 0.841. The second-order valence-corrected chi connectivity index (χ2v) is 5.13. The summed E-state index contributed by atoms with van der Waals surface area (Å²) in [6.07, 6.45) is 0.653. The number of halogens is 4. The molecule has 2 rings (SSSR count). The van der Waals surface area contributed by atoms with Gasteiger partial charge < -0.3 is 5.32 Å². The van der Waals surface area contributed by atoms with E-state index in [-0.39, 0.29) is 36.7 Å². The summed E-state index contributed by atoms with van der Waals surface area (Å²) >= 11 is 0. The van der Waals surface area contributed by atoms with Crippen molar-refractivity contribution in [2.24, 2.45) is 0 Å². The third-order valence-electron chi connectivity index (χ3n) is 3.45. The van der Waals surface area contributed by atoms with Crippen molar-refractivity contribution in [2.45, 2.75) is 19.4 Å². The molecule has 1 aromatic carbocycles. The molecule has 0 radical (unpaired) electrons. The van der Waals surface area contributed by atoms with E-state index in [9.17, 15) is 8.78 Å². The molecule has 1 N–H and O–H groups in total. The zero-order valence-corrected chi connectivity index (χ0v) is 13.7. The number of nitrogens with zero attached hydrogens (tertiary/aromatic N) is 1. The minimum Gasteiger partial charge on any atom is -0.314 e. The van der Waals surface area contributed by atoms with Gasteiger partial charge in [-0.05, 0) is 31.5 Å². The lowest BCUT2D eigenvalue weighted by Crippen LogP contribution is -2.45. The zero-order chi connectivity index (χ0) is 13.8. The van der Waals surface area contributed by atoms with Gasteiger partial charge in [0.15, 0.2) is 0 Å². The predicted molar refractivity (Wildman–Crippen MR) is 87.5 cm³/mol. The number of nitrogens with one attached hydrogen (secondary N) is 1. The first-order valence-corrected chi connectivity index (χ1v) is 6.62. The van der Waals surface area contributed by atoms with Crippen molar-refractivity contribution in [1.29, 1.82) is 0 Å². The average Bonchev–Trinajstić information content (AvgIpc) is 2.40. The number of piperazine rings is 1. The van der Waals surface area contributed by atoms with Crippen LogP contribution in [-0.4, -0.2) is 31.1 Å². The molecule has 6 heteroatoms. The summed E-state index contributed by atoms with van der Waals surface area (Å²) in [6.45, 7) is 9.27. The molecule has 1 saturated heterocycles. The lowest BCUT2D eigenvalue weighted by Gasteiger charge is -2.35. The van der Waals surface area contributed by atoms with Gasteiger partial charge >= 0.3 is 0 Å². The van der Waals surface area contributed by atoms with E-state index in [1.165, 1.54) is 12.1 Å². The Morgan fingerprint density at radius 3 is 2.48 bits per heavy atom. The van der Waals surface area contributed by atoms with Crippen LogP contribution in [-0.2, 0) is 0 Å². The first-order valence-electron chi connectivity index (χ1n) is 6.62. The van der Waals surface area contributed by atoms with Crippen LogP contribution >= 0.6 is 24.8 Å². The maximum absolute atomic E-state index is 14.0. The van der Waals surface area contributed by atoms with Crippen LogP contribution in [0.5, 0.6) is 0 Å². The van der Waals surface area contributed by atoms with Gasteiger partial charge in [0.1, 0.15) is 11.6 Å². The van der Waals surface area contributed by atoms with Gasteiger partial charge in [0, 0.05) is 37.8 Å². The van der Waals surface area contributed by atoms with Crippen LogP contribution in [0.2, 0.25) is 0 Å². The average molecular weight is 339 g/mol. The highest BCUT2D eigenvalue weighted by Crippen LogP contribution is 2.29. The highest BCUT2D eigenvalue weighted by Gasteiger charge is 2.24. The van der Waals surface area contributed by atoms with Gasteiger partial charge in [-0.25, -0.2) is 8.78 Å². The monoisotopic (exact) mass is 338 g/mol. The van der Waals surface area contributed by atoms with Crippen LogP contribution in [0.4, 0.5) is 8.78 Å². The molecular weight excluding hydrogens is 317 g/mol. The number of benzene rings is 1. The van der Waals surface area contributed by atoms with Crippen LogP contribution in [0.15, 0.2) is 30.4 Å². The maximum atomic E-state index is 14.0. The first-order chi connectivity index (χ1) is 9.08. The molecule has 0 amide bonds. The third-order valence-corrected chi connectivity index (χ3v) is 3.45. The molecule has 1 heterocycles. The van der Waals surface area contributed by atoms with Crippen LogP contribution in [0.3, 0.4) is 0 Å². The van der Waals surface area contributed by atoms with Crippen LogP contribution in [0.1, 0.15) is 24.9 Å². The van der Waals surface area contributed by atoms with E-state index >= 15 is 0 Å². The van der Waals surface area contributed by atoms with E-state index in [0.29, 0.717) is 12.0 Å². The molecular formula is C15H22Cl2F2N2. The van der Waals surface area contributed by atoms with Gasteiger partial charge in [-0.1, -0.05) is 5.57 Å². The number of hydrogen-bond acceptors (Lipinski definition) is 2. The molecule has 120 valence electrons. The van der Waals surface area contributed by atoms with Crippen molar-refractivity contribution in [2.75, 3.05) is 26.2 Å². The van der Waals surface area contributed by atoms with Crippen molar-refractivity contribution in [3.63, 3.8) is 0 Å². The van der Waals surface area contributed by atoms with Gasteiger partial charge in [-0.2, -0.15) is 0 Å². The molecule has 0 aromatic heterocycles. The molecule has 1 aliphatic rings. The molecule has 1 aromatic rings. The molecule has 0 bridgehead atoms. The molecule has 0 aliphatic carbocycles. The number of rotatable bonds is 4. The Labute approximate surface area is 137 Å². The topological polar surface area (TPSA) is 15.3 Å². The summed E-state index contributed by atoms with van der Waals surface area (Å²) in [6, 6.07) is 3.55. The fourth-order valence-corrected chi connectivity index (χ4v) is 2.53. The van der Waals surface area contributed by atoms with Crippen molar-refractivity contribution in [1.82, 2.24) is 10.2 Å². The highest BCUT2D eigenvalue weighted by molar-refractivity contribution is 5.85. The van der Waals surface area contributed by atoms with E-state index in [1.54, 1.807) is 0 Å². The fourth-order valence-electron chi connectivity index (χ4n) is 2.53. The minimum atomic E-state index is -0.391. The summed E-state index contributed by atoms with van der Waals surface area (Å²) < 4.78 is 27.4. The first kappa shape index (κ1) is 20.3. The van der Waals surface area contributed by atoms with E-state index < -0.39 is 5.82 Å². The Morgan fingerprint density at radius 2 is 1.90 bits per heavy atom. The van der Waals surface area contributed by atoms with E-state index in [4.69, 9.17) is 0 Å². The van der Waals surface area contributed by atoms with E-state index in [0.717, 1.165) is 37.8 Å². The second-order valence-electron chi connectivity index (χ2n) is 5.13. The van der Waals surface area contributed by atoms with Gasteiger partial charge in [0.05, 0.1) is 0 Å². The third kappa shape index (κ3) is 5.55. The second kappa shape index (κ2) is 9.36. The Morgan fingerprint density at radius 1 is 1.29 bits per heavy atom. The largest absolute Gasteiger partial charge is 0.314 e. The minimum absolute atomic E-state index is 0. The molecule has 1 atom stereocenters. The summed E-state index contributed by atoms with van der Waals surface area (Å²) in [5, 5.41) is 3.27. The maximum Gasteiger partial charge on any atom is 0.128 e. The zero-order valence-electron chi connectivity index (χ0n) is 12.1. The van der Waals surface area contributed by atoms with Crippen LogP contribution in [0.25, 0.3) is 0 Å². The van der Waals surface area contributed by atoms with Gasteiger partial charge in [-0.15, -0.1) is 31.4 Å². The normalized spacial score (nSPS) is 16.5. The Bertz CT molecular complexity index is 463. The van der Waals surface area contributed by atoms with E-state index in [1.807, 2.05) is 6.92 Å². The van der Waals surface area contributed by atoms with E-state index in [2.05, 4.69) is 16.8 Å². The summed E-state index contributed by atoms with van der Waals surface area (Å²) in [4.78, 5) is 2.20. The molecule has 21 heavy (non-hydrogen) atoms. The molecule has 2 nitrogen and oxygen atoms in total. The van der Waals surface area contributed by atoms with Gasteiger partial charge in [0.2, 0.25) is 0 Å². The lowest BCUT2D eigenvalue weighted by molar-refractivity contribution is 0.169. The Hall–Kier alpha value is -0.680. The van der Waals surface area contributed by atoms with Gasteiger partial charge in [0.25, 0.3) is 0 Å². The molecule has 0 unspecified atom stereocenters. The van der Waals surface area contributed by atoms with Crippen molar-refractivity contribution in [3.05, 3.63) is 47.5 Å². The fraction of sp³-hybridized carbons (Fsp3) is 0.467. The van der Waals surface area contributed by atoms with Crippen molar-refractivity contribution in [3.8, 4) is 0 Å². The lowest BCUT2D eigenvalue weighted by atomic mass is 9.97. The summed E-state index contributed by atoms with van der Waals surface area (Å²) in [5.41, 5.74) is 1.41. The Kier molecular flexibility index (Phi) is 9.06. The SMILES string of the molecule is C=C(C)C[C@H](c1cc(F)ccc1F)N1CCNCC1.Cl.Cl. The molecule has 1 aliphatic heterocycles. The summed E-state index contributed by atoms with van der Waals surface area (Å²) in [5.74, 6) is -0.732. The van der Waals surface area contributed by atoms with Crippen molar-refractivity contribution < 1.29 is 8.78 Å². The van der Waals surface area contributed by atoms with Gasteiger partial charge in [-0.3, -0.25) is 4.90 Å². The predicted octanol–water partition coefficient (Wildman–Crippen LogP) is 3.72. The Balaban J connectivity index is 0.00000200. The van der Waals surface area contributed by atoms with Crippen molar-refractivity contribution >= 4 is 24.8 Å². The smallest absolute Gasteiger partial charge is 0.128 e. The summed E-state index contributed by atoms with van der Waals surface area (Å²) in [7, 11) is 0. The number of hydrogen-bond donors (Lipinski definition) is 1. The van der Waals surface area contributed by atoms with Crippen LogP contribution in [0, 0.1) is 11.6 Å².